The molecule has 2 N–H and O–H groups in total. The minimum absolute atomic E-state index is 0.0378. The van der Waals surface area contributed by atoms with E-state index in [-0.39, 0.29) is 24.7 Å². The van der Waals surface area contributed by atoms with Gasteiger partial charge in [-0.2, -0.15) is 0 Å². The summed E-state index contributed by atoms with van der Waals surface area (Å²) < 4.78 is 11.2. The number of ketones is 1. The van der Waals surface area contributed by atoms with Crippen LogP contribution < -0.4 is 9.47 Å². The van der Waals surface area contributed by atoms with Gasteiger partial charge in [0.05, 0.1) is 19.1 Å². The van der Waals surface area contributed by atoms with Crippen LogP contribution in [0.5, 0.6) is 11.6 Å². The van der Waals surface area contributed by atoms with Gasteiger partial charge >= 0.3 is 5.97 Å². The molecular formula is C27H35NO6. The van der Waals surface area contributed by atoms with Crippen LogP contribution in [0.25, 0.3) is 0 Å². The van der Waals surface area contributed by atoms with Gasteiger partial charge in [-0.1, -0.05) is 37.6 Å². The number of aliphatic carboxylic acids is 1. The molecule has 1 aromatic carbocycles. The molecule has 3 rings (SSSR count). The highest BCUT2D eigenvalue weighted by Gasteiger charge is 2.43. The number of pyridine rings is 1. The summed E-state index contributed by atoms with van der Waals surface area (Å²) in [6.07, 6.45) is 6.40. The number of carboxylic acids is 1. The number of hydrogen-bond acceptors (Lipinski definition) is 6. The molecular weight excluding hydrogens is 434 g/mol. The van der Waals surface area contributed by atoms with Crippen LogP contribution in [-0.4, -0.2) is 47.3 Å². The quantitative estimate of drug-likeness (QED) is 0.441. The average Bonchev–Trinajstić information content (AvgIpc) is 2.84. The molecule has 0 bridgehead atoms. The highest BCUT2D eigenvalue weighted by Crippen LogP contribution is 2.43. The number of hydrogen-bond donors (Lipinski definition) is 2. The van der Waals surface area contributed by atoms with Crippen LogP contribution in [-0.2, 0) is 17.6 Å². The molecule has 0 saturated heterocycles. The van der Waals surface area contributed by atoms with E-state index in [1.807, 2.05) is 24.3 Å². The van der Waals surface area contributed by atoms with Gasteiger partial charge < -0.3 is 19.7 Å². The molecule has 1 aromatic heterocycles. The summed E-state index contributed by atoms with van der Waals surface area (Å²) in [5, 5.41) is 19.1. The monoisotopic (exact) mass is 469 g/mol. The summed E-state index contributed by atoms with van der Waals surface area (Å²) in [5.41, 5.74) is 1.46. The Morgan fingerprint density at radius 1 is 1.15 bits per heavy atom. The molecule has 0 aliphatic heterocycles. The predicted octanol–water partition coefficient (Wildman–Crippen LogP) is 4.49. The summed E-state index contributed by atoms with van der Waals surface area (Å²) in [7, 11) is 1.49. The van der Waals surface area contributed by atoms with Crippen LogP contribution in [0, 0.1) is 11.3 Å². The lowest BCUT2D eigenvalue weighted by Gasteiger charge is -2.36. The third kappa shape index (κ3) is 6.35. The number of rotatable bonds is 12. The standard InChI is InChI=1S/C27H35NO6/c1-3-19-7-11-27(12-8-19,26(31)32)17-23(30)22-16-24(25(33-2)28-18-22)34-14-10-21-6-4-5-20(15-21)9-13-29/h4-6,15-16,18-19,29H,3,7-14,17H2,1-2H3,(H,31,32). The molecule has 1 heterocycles. The van der Waals surface area contributed by atoms with E-state index in [2.05, 4.69) is 11.9 Å². The number of nitrogens with zero attached hydrogens (tertiary/aromatic N) is 1. The number of Topliss-reactive ketones (excluding diaryl/α,β-unsaturated/α-hetero) is 1. The lowest BCUT2D eigenvalue weighted by Crippen LogP contribution is -2.37. The highest BCUT2D eigenvalue weighted by molar-refractivity contribution is 5.99. The Hall–Kier alpha value is -2.93. The van der Waals surface area contributed by atoms with Crippen molar-refractivity contribution in [2.45, 2.75) is 58.3 Å². The summed E-state index contributed by atoms with van der Waals surface area (Å²) in [6, 6.07) is 9.56. The molecule has 1 saturated carbocycles. The Labute approximate surface area is 201 Å². The van der Waals surface area contributed by atoms with Gasteiger partial charge in [0.1, 0.15) is 0 Å². The Morgan fingerprint density at radius 2 is 1.85 bits per heavy atom. The number of ether oxygens (including phenoxy) is 2. The zero-order valence-corrected chi connectivity index (χ0v) is 20.1. The molecule has 0 radical (unpaired) electrons. The van der Waals surface area contributed by atoms with Crippen molar-refractivity contribution in [3.63, 3.8) is 0 Å². The van der Waals surface area contributed by atoms with Crippen molar-refractivity contribution in [2.24, 2.45) is 11.3 Å². The molecule has 2 aromatic rings. The van der Waals surface area contributed by atoms with Crippen LogP contribution in [0.1, 0.15) is 66.9 Å². The molecule has 1 aliphatic carbocycles. The maximum absolute atomic E-state index is 13.1. The Kier molecular flexibility index (Phi) is 9.05. The van der Waals surface area contributed by atoms with Gasteiger partial charge in [-0.05, 0) is 55.2 Å². The Morgan fingerprint density at radius 3 is 2.47 bits per heavy atom. The summed E-state index contributed by atoms with van der Waals surface area (Å²) in [4.78, 5) is 29.4. The maximum Gasteiger partial charge on any atom is 0.310 e. The van der Waals surface area contributed by atoms with Gasteiger partial charge in [-0.25, -0.2) is 4.98 Å². The van der Waals surface area contributed by atoms with Gasteiger partial charge in [-0.15, -0.1) is 0 Å². The number of aromatic nitrogens is 1. The molecule has 0 spiro atoms. The lowest BCUT2D eigenvalue weighted by atomic mass is 9.67. The zero-order chi connectivity index (χ0) is 24.6. The minimum atomic E-state index is -1.01. The van der Waals surface area contributed by atoms with Crippen molar-refractivity contribution in [1.29, 1.82) is 0 Å². The van der Waals surface area contributed by atoms with E-state index in [1.54, 1.807) is 6.07 Å². The average molecular weight is 470 g/mol. The molecule has 0 atom stereocenters. The van der Waals surface area contributed by atoms with Gasteiger partial charge in [0.25, 0.3) is 5.88 Å². The molecule has 7 nitrogen and oxygen atoms in total. The van der Waals surface area contributed by atoms with Crippen LogP contribution in [0.3, 0.4) is 0 Å². The number of carboxylic acid groups (broad SMARTS) is 1. The number of methoxy groups -OCH3 is 1. The predicted molar refractivity (Wildman–Crippen MR) is 128 cm³/mol. The first kappa shape index (κ1) is 25.7. The van der Waals surface area contributed by atoms with Crippen LogP contribution in [0.2, 0.25) is 0 Å². The Bertz CT molecular complexity index is 981. The molecule has 0 unspecified atom stereocenters. The zero-order valence-electron chi connectivity index (χ0n) is 20.1. The number of carbonyl (C=O) groups excluding carboxylic acids is 1. The third-order valence-electron chi connectivity index (χ3n) is 6.97. The first-order valence-electron chi connectivity index (χ1n) is 12.0. The van der Waals surface area contributed by atoms with Gasteiger partial charge in [0.2, 0.25) is 0 Å². The van der Waals surface area contributed by atoms with E-state index >= 15 is 0 Å². The second-order valence-corrected chi connectivity index (χ2v) is 9.16. The van der Waals surface area contributed by atoms with E-state index < -0.39 is 11.4 Å². The summed E-state index contributed by atoms with van der Waals surface area (Å²) in [5.74, 6) is 0.0429. The van der Waals surface area contributed by atoms with Crippen molar-refractivity contribution < 1.29 is 29.3 Å². The van der Waals surface area contributed by atoms with Crippen molar-refractivity contribution in [3.05, 3.63) is 53.2 Å². The van der Waals surface area contributed by atoms with E-state index in [0.29, 0.717) is 49.5 Å². The molecule has 1 aliphatic rings. The van der Waals surface area contributed by atoms with Crippen molar-refractivity contribution in [2.75, 3.05) is 20.3 Å². The smallest absolute Gasteiger partial charge is 0.310 e. The fraction of sp³-hybridized carbons (Fsp3) is 0.519. The molecule has 34 heavy (non-hydrogen) atoms. The van der Waals surface area contributed by atoms with E-state index in [1.165, 1.54) is 13.3 Å². The first-order chi connectivity index (χ1) is 16.4. The molecule has 184 valence electrons. The topological polar surface area (TPSA) is 106 Å². The fourth-order valence-corrected chi connectivity index (χ4v) is 4.70. The number of carbonyl (C=O) groups is 2. The van der Waals surface area contributed by atoms with E-state index in [4.69, 9.17) is 14.6 Å². The van der Waals surface area contributed by atoms with Gasteiger partial charge in [-0.3, -0.25) is 9.59 Å². The molecule has 7 heteroatoms. The summed E-state index contributed by atoms with van der Waals surface area (Å²) >= 11 is 0. The van der Waals surface area contributed by atoms with Crippen LogP contribution >= 0.6 is 0 Å². The number of aliphatic hydroxyl groups excluding tert-OH is 1. The Balaban J connectivity index is 1.68. The lowest BCUT2D eigenvalue weighted by molar-refractivity contribution is -0.151. The second kappa shape index (κ2) is 12.0. The van der Waals surface area contributed by atoms with Crippen molar-refractivity contribution in [3.8, 4) is 11.6 Å². The van der Waals surface area contributed by atoms with E-state index in [9.17, 15) is 14.7 Å². The number of aliphatic hydroxyl groups is 1. The molecule has 1 fully saturated rings. The minimum Gasteiger partial charge on any atom is -0.488 e. The molecule has 0 amide bonds. The van der Waals surface area contributed by atoms with Gasteiger partial charge in [0, 0.05) is 31.2 Å². The third-order valence-corrected chi connectivity index (χ3v) is 6.97. The van der Waals surface area contributed by atoms with Crippen molar-refractivity contribution in [1.82, 2.24) is 4.98 Å². The second-order valence-electron chi connectivity index (χ2n) is 9.16. The largest absolute Gasteiger partial charge is 0.488 e. The highest BCUT2D eigenvalue weighted by atomic mass is 16.5. The van der Waals surface area contributed by atoms with Gasteiger partial charge in [0.15, 0.2) is 11.5 Å². The SMILES string of the molecule is CCC1CCC(CC(=O)c2cnc(OC)c(OCCc3cccc(CCO)c3)c2)(C(=O)O)CC1. The first-order valence-corrected chi connectivity index (χ1v) is 12.0. The maximum atomic E-state index is 13.1. The van der Waals surface area contributed by atoms with E-state index in [0.717, 1.165) is 30.4 Å². The van der Waals surface area contributed by atoms with Crippen LogP contribution in [0.15, 0.2) is 36.5 Å². The van der Waals surface area contributed by atoms with Crippen molar-refractivity contribution >= 4 is 11.8 Å². The number of benzene rings is 1. The summed E-state index contributed by atoms with van der Waals surface area (Å²) in [6.45, 7) is 2.59. The van der Waals surface area contributed by atoms with Crippen LogP contribution in [0.4, 0.5) is 0 Å². The fourth-order valence-electron chi connectivity index (χ4n) is 4.70. The normalized spacial score (nSPS) is 20.0.